The first kappa shape index (κ1) is 20.4. The van der Waals surface area contributed by atoms with Crippen LogP contribution in [0.1, 0.15) is 31.2 Å². The van der Waals surface area contributed by atoms with Crippen molar-refractivity contribution in [3.63, 3.8) is 0 Å². The fourth-order valence-corrected chi connectivity index (χ4v) is 5.20. The summed E-state index contributed by atoms with van der Waals surface area (Å²) >= 11 is 7.97. The minimum atomic E-state index is -3.59. The Bertz CT molecular complexity index is 704. The maximum absolute atomic E-state index is 12.2. The summed E-state index contributed by atoms with van der Waals surface area (Å²) in [7, 11) is -3.59. The van der Waals surface area contributed by atoms with Gasteiger partial charge in [0.2, 0.25) is 15.9 Å². The highest BCUT2D eigenvalue weighted by Gasteiger charge is 2.23. The second kappa shape index (κ2) is 9.14. The third kappa shape index (κ3) is 6.08. The lowest BCUT2D eigenvalue weighted by molar-refractivity contribution is -0.119. The highest BCUT2D eigenvalue weighted by Crippen LogP contribution is 2.29. The van der Waals surface area contributed by atoms with Gasteiger partial charge in [0.15, 0.2) is 0 Å². The standard InChI is InChI=1S/C17H25ClN2O3S2/c1-13-15(18)8-5-9-16(13)20(25(2,22)23)12-17(21)19-10-11-24-14-6-3-4-7-14/h5,8-9,14H,3-4,6-7,10-12H2,1-2H3,(H,19,21). The van der Waals surface area contributed by atoms with Gasteiger partial charge < -0.3 is 5.32 Å². The van der Waals surface area contributed by atoms with Crippen LogP contribution in [0.3, 0.4) is 0 Å². The Morgan fingerprint density at radius 3 is 2.68 bits per heavy atom. The lowest BCUT2D eigenvalue weighted by atomic mass is 10.2. The number of hydrogen-bond donors (Lipinski definition) is 1. The predicted octanol–water partition coefficient (Wildman–Crippen LogP) is 3.21. The average molecular weight is 405 g/mol. The molecule has 5 nitrogen and oxygen atoms in total. The molecule has 2 rings (SSSR count). The minimum absolute atomic E-state index is 0.242. The third-order valence-corrected chi connectivity index (χ3v) is 7.19. The number of nitrogens with zero attached hydrogens (tertiary/aromatic N) is 1. The molecule has 0 aromatic heterocycles. The molecule has 1 aliphatic rings. The largest absolute Gasteiger partial charge is 0.354 e. The molecule has 0 unspecified atom stereocenters. The van der Waals surface area contributed by atoms with E-state index >= 15 is 0 Å². The highest BCUT2D eigenvalue weighted by molar-refractivity contribution is 7.99. The van der Waals surface area contributed by atoms with Gasteiger partial charge in [0, 0.05) is 22.6 Å². The summed E-state index contributed by atoms with van der Waals surface area (Å²) in [6.45, 7) is 2.05. The van der Waals surface area contributed by atoms with Crippen LogP contribution in [-0.4, -0.2) is 44.7 Å². The first-order valence-corrected chi connectivity index (χ1v) is 11.7. The van der Waals surface area contributed by atoms with Gasteiger partial charge in [-0.2, -0.15) is 11.8 Å². The normalized spacial score (nSPS) is 15.3. The molecule has 25 heavy (non-hydrogen) atoms. The molecule has 1 aromatic rings. The summed E-state index contributed by atoms with van der Waals surface area (Å²) in [5.74, 6) is 0.544. The Morgan fingerprint density at radius 2 is 2.04 bits per heavy atom. The first-order chi connectivity index (χ1) is 11.8. The smallest absolute Gasteiger partial charge is 0.240 e. The number of thioether (sulfide) groups is 1. The molecule has 8 heteroatoms. The molecule has 0 bridgehead atoms. The van der Waals surface area contributed by atoms with Gasteiger partial charge in [0.25, 0.3) is 0 Å². The van der Waals surface area contributed by atoms with E-state index in [1.807, 2.05) is 11.8 Å². The molecular formula is C17H25ClN2O3S2. The van der Waals surface area contributed by atoms with E-state index in [1.165, 1.54) is 25.7 Å². The third-order valence-electron chi connectivity index (χ3n) is 4.28. The van der Waals surface area contributed by atoms with Crippen molar-refractivity contribution in [1.29, 1.82) is 0 Å². The molecular weight excluding hydrogens is 380 g/mol. The Kier molecular flexibility index (Phi) is 7.46. The van der Waals surface area contributed by atoms with E-state index in [2.05, 4.69) is 5.32 Å². The number of sulfonamides is 1. The van der Waals surface area contributed by atoms with Gasteiger partial charge >= 0.3 is 0 Å². The van der Waals surface area contributed by atoms with E-state index in [9.17, 15) is 13.2 Å². The van der Waals surface area contributed by atoms with Crippen LogP contribution in [-0.2, 0) is 14.8 Å². The van der Waals surface area contributed by atoms with Crippen LogP contribution in [0, 0.1) is 6.92 Å². The summed E-state index contributed by atoms with van der Waals surface area (Å²) in [6, 6.07) is 5.03. The molecule has 1 fully saturated rings. The summed E-state index contributed by atoms with van der Waals surface area (Å²) < 4.78 is 25.4. The van der Waals surface area contributed by atoms with E-state index in [0.717, 1.165) is 16.3 Å². The van der Waals surface area contributed by atoms with E-state index < -0.39 is 10.0 Å². The Labute approximate surface area is 159 Å². The zero-order valence-electron chi connectivity index (χ0n) is 14.6. The van der Waals surface area contributed by atoms with E-state index in [-0.39, 0.29) is 12.5 Å². The van der Waals surface area contributed by atoms with Gasteiger partial charge in [-0.05, 0) is 37.5 Å². The SMILES string of the molecule is Cc1c(Cl)cccc1N(CC(=O)NCCSC1CCCC1)S(C)(=O)=O. The number of rotatable bonds is 8. The molecule has 0 heterocycles. The van der Waals surface area contributed by atoms with E-state index in [4.69, 9.17) is 11.6 Å². The summed E-state index contributed by atoms with van der Waals surface area (Å²) in [5, 5.41) is 3.99. The molecule has 1 aromatic carbocycles. The van der Waals surface area contributed by atoms with Crippen LogP contribution in [0.5, 0.6) is 0 Å². The van der Waals surface area contributed by atoms with Crippen LogP contribution in [0.15, 0.2) is 18.2 Å². The summed E-state index contributed by atoms with van der Waals surface area (Å²) in [4.78, 5) is 12.2. The molecule has 1 saturated carbocycles. The number of nitrogens with one attached hydrogen (secondary N) is 1. The van der Waals surface area contributed by atoms with Crippen molar-refractivity contribution in [2.24, 2.45) is 0 Å². The van der Waals surface area contributed by atoms with Crippen molar-refractivity contribution in [3.05, 3.63) is 28.8 Å². The van der Waals surface area contributed by atoms with Crippen LogP contribution in [0.2, 0.25) is 5.02 Å². The lowest BCUT2D eigenvalue weighted by Crippen LogP contribution is -2.41. The number of anilines is 1. The van der Waals surface area contributed by atoms with E-state index in [1.54, 1.807) is 25.1 Å². The first-order valence-electron chi connectivity index (χ1n) is 8.40. The number of halogens is 1. The molecule has 1 aliphatic carbocycles. The van der Waals surface area contributed by atoms with Crippen LogP contribution in [0.4, 0.5) is 5.69 Å². The number of carbonyl (C=O) groups excluding carboxylic acids is 1. The van der Waals surface area contributed by atoms with Crippen molar-refractivity contribution in [1.82, 2.24) is 5.32 Å². The molecule has 1 amide bonds. The van der Waals surface area contributed by atoms with Gasteiger partial charge in [0.1, 0.15) is 6.54 Å². The maximum Gasteiger partial charge on any atom is 0.240 e. The molecule has 140 valence electrons. The zero-order valence-corrected chi connectivity index (χ0v) is 17.0. The highest BCUT2D eigenvalue weighted by atomic mass is 35.5. The fraction of sp³-hybridized carbons (Fsp3) is 0.588. The van der Waals surface area contributed by atoms with Gasteiger partial charge in [-0.3, -0.25) is 9.10 Å². The Morgan fingerprint density at radius 1 is 1.36 bits per heavy atom. The van der Waals surface area contributed by atoms with Crippen molar-refractivity contribution in [2.75, 3.05) is 29.4 Å². The van der Waals surface area contributed by atoms with Gasteiger partial charge in [-0.25, -0.2) is 8.42 Å². The zero-order chi connectivity index (χ0) is 18.4. The number of benzene rings is 1. The summed E-state index contributed by atoms with van der Waals surface area (Å²) in [6.07, 6.45) is 6.21. The second-order valence-electron chi connectivity index (χ2n) is 6.28. The van der Waals surface area contributed by atoms with Gasteiger partial charge in [-0.15, -0.1) is 0 Å². The fourth-order valence-electron chi connectivity index (χ4n) is 2.90. The van der Waals surface area contributed by atoms with Crippen LogP contribution in [0.25, 0.3) is 0 Å². The number of hydrogen-bond acceptors (Lipinski definition) is 4. The van der Waals surface area contributed by atoms with Crippen molar-refractivity contribution < 1.29 is 13.2 Å². The Balaban J connectivity index is 1.93. The predicted molar refractivity (Wildman–Crippen MR) is 106 cm³/mol. The number of amides is 1. The van der Waals surface area contributed by atoms with Crippen LogP contribution >= 0.6 is 23.4 Å². The molecule has 0 aliphatic heterocycles. The Hall–Kier alpha value is -0.920. The van der Waals surface area contributed by atoms with Crippen molar-refractivity contribution in [3.8, 4) is 0 Å². The summed E-state index contributed by atoms with van der Waals surface area (Å²) in [5.41, 5.74) is 1.07. The monoisotopic (exact) mass is 404 g/mol. The van der Waals surface area contributed by atoms with Gasteiger partial charge in [0.05, 0.1) is 11.9 Å². The lowest BCUT2D eigenvalue weighted by Gasteiger charge is -2.24. The molecule has 0 radical (unpaired) electrons. The van der Waals surface area contributed by atoms with E-state index in [0.29, 0.717) is 28.1 Å². The topological polar surface area (TPSA) is 66.5 Å². The van der Waals surface area contributed by atoms with Gasteiger partial charge in [-0.1, -0.05) is 30.5 Å². The second-order valence-corrected chi connectivity index (χ2v) is 10.0. The average Bonchev–Trinajstić information content (AvgIpc) is 3.05. The number of carbonyl (C=O) groups is 1. The minimum Gasteiger partial charge on any atom is -0.354 e. The van der Waals surface area contributed by atoms with Crippen LogP contribution < -0.4 is 9.62 Å². The van der Waals surface area contributed by atoms with Crippen molar-refractivity contribution in [2.45, 2.75) is 37.9 Å². The maximum atomic E-state index is 12.2. The molecule has 0 spiro atoms. The molecule has 0 atom stereocenters. The molecule has 1 N–H and O–H groups in total. The van der Waals surface area contributed by atoms with Crippen molar-refractivity contribution >= 4 is 45.0 Å². The molecule has 0 saturated heterocycles. The quantitative estimate of drug-likeness (QED) is 0.675.